The smallest absolute Gasteiger partial charge is 0.339 e. The number of benzene rings is 1. The number of nitrogens with one attached hydrogen (secondary N) is 1. The van der Waals surface area contributed by atoms with Crippen LogP contribution in [-0.2, 0) is 17.2 Å². The molecular weight excluding hydrogens is 266 g/mol. The molecule has 0 aliphatic heterocycles. The number of hydrogen-bond donors (Lipinski definition) is 1. The second kappa shape index (κ2) is 5.60. The number of ether oxygens (including phenoxy) is 1. The van der Waals surface area contributed by atoms with Gasteiger partial charge in [0.25, 0.3) is 0 Å². The van der Waals surface area contributed by atoms with Crippen LogP contribution >= 0.6 is 0 Å². The molecule has 112 valence electrons. The average Bonchev–Trinajstić information content (AvgIpc) is 2.80. The maximum absolute atomic E-state index is 11.8. The van der Waals surface area contributed by atoms with Gasteiger partial charge in [0.1, 0.15) is 5.82 Å². The van der Waals surface area contributed by atoms with E-state index in [4.69, 9.17) is 4.74 Å². The number of carbonyl (C=O) groups is 1. The number of methoxy groups -OCH3 is 1. The Balaban J connectivity index is 2.35. The summed E-state index contributed by atoms with van der Waals surface area (Å²) in [6.45, 7) is 6.34. The quantitative estimate of drug-likeness (QED) is 0.880. The third kappa shape index (κ3) is 3.24. The van der Waals surface area contributed by atoms with Crippen molar-refractivity contribution in [3.8, 4) is 0 Å². The predicted octanol–water partition coefficient (Wildman–Crippen LogP) is 3.25. The largest absolute Gasteiger partial charge is 0.465 e. The van der Waals surface area contributed by atoms with Crippen LogP contribution in [0.15, 0.2) is 30.3 Å². The Morgan fingerprint density at radius 2 is 1.95 bits per heavy atom. The number of nitrogens with zero attached hydrogens (tertiary/aromatic N) is 2. The first-order valence-corrected chi connectivity index (χ1v) is 6.82. The lowest BCUT2D eigenvalue weighted by Gasteiger charge is -2.13. The molecule has 0 bridgehead atoms. The molecule has 2 aromatic rings. The maximum Gasteiger partial charge on any atom is 0.339 e. The number of aryl methyl sites for hydroxylation is 1. The minimum absolute atomic E-state index is 0.0282. The van der Waals surface area contributed by atoms with Gasteiger partial charge in [0.2, 0.25) is 0 Å². The highest BCUT2D eigenvalue weighted by Crippen LogP contribution is 2.26. The van der Waals surface area contributed by atoms with Crippen LogP contribution in [0.5, 0.6) is 0 Å². The fourth-order valence-corrected chi connectivity index (χ4v) is 1.97. The summed E-state index contributed by atoms with van der Waals surface area (Å²) >= 11 is 0. The number of aromatic nitrogens is 2. The SMILES string of the molecule is COC(=O)c1ccccc1Nc1cc(C(C)(C)C)nn1C. The predicted molar refractivity (Wildman–Crippen MR) is 83.0 cm³/mol. The third-order valence-corrected chi connectivity index (χ3v) is 3.24. The fourth-order valence-electron chi connectivity index (χ4n) is 1.97. The highest BCUT2D eigenvalue weighted by atomic mass is 16.5. The Morgan fingerprint density at radius 1 is 1.29 bits per heavy atom. The summed E-state index contributed by atoms with van der Waals surface area (Å²) in [6, 6.07) is 9.25. The average molecular weight is 287 g/mol. The Hall–Kier alpha value is -2.30. The summed E-state index contributed by atoms with van der Waals surface area (Å²) in [5, 5.41) is 7.76. The first-order chi connectivity index (χ1) is 9.82. The molecule has 0 saturated heterocycles. The van der Waals surface area contributed by atoms with Crippen molar-refractivity contribution in [3.63, 3.8) is 0 Å². The molecule has 1 N–H and O–H groups in total. The van der Waals surface area contributed by atoms with Gasteiger partial charge in [0.15, 0.2) is 0 Å². The van der Waals surface area contributed by atoms with Crippen molar-refractivity contribution < 1.29 is 9.53 Å². The standard InChI is InChI=1S/C16H21N3O2/c1-16(2,3)13-10-14(19(4)18-13)17-12-9-7-6-8-11(12)15(20)21-5/h6-10,17H,1-5H3. The molecule has 21 heavy (non-hydrogen) atoms. The van der Waals surface area contributed by atoms with E-state index in [2.05, 4.69) is 31.2 Å². The van der Waals surface area contributed by atoms with Crippen LogP contribution in [0.4, 0.5) is 11.5 Å². The minimum atomic E-state index is -0.365. The molecule has 0 spiro atoms. The zero-order chi connectivity index (χ0) is 15.6. The van der Waals surface area contributed by atoms with Crippen LogP contribution in [0.3, 0.4) is 0 Å². The zero-order valence-electron chi connectivity index (χ0n) is 13.1. The van der Waals surface area contributed by atoms with Crippen LogP contribution < -0.4 is 5.32 Å². The van der Waals surface area contributed by atoms with Gasteiger partial charge in [-0.2, -0.15) is 5.10 Å². The van der Waals surface area contributed by atoms with E-state index in [1.165, 1.54) is 7.11 Å². The summed E-state index contributed by atoms with van der Waals surface area (Å²) in [5.74, 6) is 0.465. The van der Waals surface area contributed by atoms with Crippen molar-refractivity contribution in [2.45, 2.75) is 26.2 Å². The highest BCUT2D eigenvalue weighted by molar-refractivity contribution is 5.96. The van der Waals surface area contributed by atoms with Gasteiger partial charge in [-0.05, 0) is 12.1 Å². The molecule has 0 saturated carbocycles. The van der Waals surface area contributed by atoms with Gasteiger partial charge < -0.3 is 10.1 Å². The van der Waals surface area contributed by atoms with Gasteiger partial charge in [0, 0.05) is 18.5 Å². The summed E-state index contributed by atoms with van der Waals surface area (Å²) in [4.78, 5) is 11.8. The van der Waals surface area contributed by atoms with Crippen LogP contribution in [0.25, 0.3) is 0 Å². The molecule has 0 atom stereocenters. The van der Waals surface area contributed by atoms with Crippen LogP contribution in [0.2, 0.25) is 0 Å². The lowest BCUT2D eigenvalue weighted by Crippen LogP contribution is -2.12. The summed E-state index contributed by atoms with van der Waals surface area (Å²) < 4.78 is 6.58. The van der Waals surface area contributed by atoms with E-state index in [0.717, 1.165) is 11.5 Å². The van der Waals surface area contributed by atoms with Gasteiger partial charge in [-0.25, -0.2) is 4.79 Å². The van der Waals surface area contributed by atoms with Gasteiger partial charge in [0.05, 0.1) is 24.1 Å². The zero-order valence-corrected chi connectivity index (χ0v) is 13.1. The van der Waals surface area contributed by atoms with Crippen molar-refractivity contribution in [2.75, 3.05) is 12.4 Å². The number of rotatable bonds is 3. The maximum atomic E-state index is 11.8. The first kappa shape index (κ1) is 15.1. The minimum Gasteiger partial charge on any atom is -0.465 e. The lowest BCUT2D eigenvalue weighted by atomic mass is 9.92. The number of para-hydroxylation sites is 1. The monoisotopic (exact) mass is 287 g/mol. The van der Waals surface area contributed by atoms with E-state index in [9.17, 15) is 4.79 Å². The summed E-state index contributed by atoms with van der Waals surface area (Å²) in [7, 11) is 3.25. The van der Waals surface area contributed by atoms with Gasteiger partial charge >= 0.3 is 5.97 Å². The van der Waals surface area contributed by atoms with E-state index in [1.54, 1.807) is 16.8 Å². The van der Waals surface area contributed by atoms with Gasteiger partial charge in [-0.1, -0.05) is 32.9 Å². The van der Waals surface area contributed by atoms with Crippen LogP contribution in [-0.4, -0.2) is 22.9 Å². The van der Waals surface area contributed by atoms with Crippen molar-refractivity contribution in [2.24, 2.45) is 7.05 Å². The molecule has 0 radical (unpaired) electrons. The molecule has 5 heteroatoms. The lowest BCUT2D eigenvalue weighted by molar-refractivity contribution is 0.0602. The van der Waals surface area contributed by atoms with E-state index >= 15 is 0 Å². The van der Waals surface area contributed by atoms with Gasteiger partial charge in [-0.15, -0.1) is 0 Å². The van der Waals surface area contributed by atoms with E-state index in [-0.39, 0.29) is 11.4 Å². The van der Waals surface area contributed by atoms with Crippen LogP contribution in [0, 0.1) is 0 Å². The number of anilines is 2. The molecular formula is C16H21N3O2. The Labute approximate surface area is 124 Å². The van der Waals surface area contributed by atoms with Crippen molar-refractivity contribution in [3.05, 3.63) is 41.6 Å². The normalized spacial score (nSPS) is 11.3. The molecule has 5 nitrogen and oxygen atoms in total. The summed E-state index contributed by atoms with van der Waals surface area (Å²) in [5.41, 5.74) is 2.16. The Bertz CT molecular complexity index is 654. The molecule has 1 aromatic carbocycles. The second-order valence-corrected chi connectivity index (χ2v) is 5.95. The Morgan fingerprint density at radius 3 is 2.52 bits per heavy atom. The fraction of sp³-hybridized carbons (Fsp3) is 0.375. The van der Waals surface area contributed by atoms with E-state index < -0.39 is 0 Å². The molecule has 0 aliphatic rings. The molecule has 0 unspecified atom stereocenters. The van der Waals surface area contributed by atoms with Crippen molar-refractivity contribution in [1.29, 1.82) is 0 Å². The topological polar surface area (TPSA) is 56.1 Å². The number of hydrogen-bond acceptors (Lipinski definition) is 4. The number of esters is 1. The Kier molecular flexibility index (Phi) is 4.02. The number of carbonyl (C=O) groups excluding carboxylic acids is 1. The molecule has 2 rings (SSSR count). The highest BCUT2D eigenvalue weighted by Gasteiger charge is 2.19. The molecule has 0 aliphatic carbocycles. The third-order valence-electron chi connectivity index (χ3n) is 3.24. The molecule has 1 heterocycles. The second-order valence-electron chi connectivity index (χ2n) is 5.95. The van der Waals surface area contributed by atoms with E-state index in [0.29, 0.717) is 11.3 Å². The first-order valence-electron chi connectivity index (χ1n) is 6.82. The summed E-state index contributed by atoms with van der Waals surface area (Å²) in [6.07, 6.45) is 0. The van der Waals surface area contributed by atoms with Crippen molar-refractivity contribution in [1.82, 2.24) is 9.78 Å². The van der Waals surface area contributed by atoms with E-state index in [1.807, 2.05) is 25.2 Å². The molecule has 1 aromatic heterocycles. The van der Waals surface area contributed by atoms with Crippen molar-refractivity contribution >= 4 is 17.5 Å². The van der Waals surface area contributed by atoms with Crippen LogP contribution in [0.1, 0.15) is 36.8 Å². The molecule has 0 fully saturated rings. The molecule has 0 amide bonds. The van der Waals surface area contributed by atoms with Gasteiger partial charge in [-0.3, -0.25) is 4.68 Å².